The zero-order chi connectivity index (χ0) is 19.7. The highest BCUT2D eigenvalue weighted by molar-refractivity contribution is 6.97. The fraction of sp³-hybridized carbons (Fsp3) is 0.154. The van der Waals surface area contributed by atoms with Crippen molar-refractivity contribution >= 4 is 18.7 Å². The molecule has 0 heterocycles. The minimum atomic E-state index is -2.44. The topological polar surface area (TPSA) is 9.23 Å². The highest BCUT2D eigenvalue weighted by Gasteiger charge is 2.39. The van der Waals surface area contributed by atoms with E-state index in [4.69, 9.17) is 4.43 Å². The van der Waals surface area contributed by atoms with Crippen molar-refractivity contribution in [1.29, 1.82) is 0 Å². The summed E-state index contributed by atoms with van der Waals surface area (Å²) in [6, 6.07) is 32.3. The molecule has 0 N–H and O–H groups in total. The van der Waals surface area contributed by atoms with E-state index in [1.807, 2.05) is 30.3 Å². The van der Waals surface area contributed by atoms with E-state index in [-0.39, 0.29) is 0 Å². The lowest BCUT2D eigenvalue weighted by molar-refractivity contribution is 0.371. The van der Waals surface area contributed by atoms with Gasteiger partial charge in [-0.15, -0.1) is 0 Å². The Bertz CT molecular complexity index is 911. The maximum atomic E-state index is 6.72. The van der Waals surface area contributed by atoms with Crippen molar-refractivity contribution in [3.8, 4) is 11.8 Å². The summed E-state index contributed by atoms with van der Waals surface area (Å²) in [5.41, 5.74) is 2.36. The summed E-state index contributed by atoms with van der Waals surface area (Å²) >= 11 is 0. The van der Waals surface area contributed by atoms with E-state index in [1.165, 1.54) is 15.9 Å². The van der Waals surface area contributed by atoms with Crippen LogP contribution in [0.2, 0.25) is 6.04 Å². The molecule has 2 heteroatoms. The highest BCUT2D eigenvalue weighted by atomic mass is 28.4. The van der Waals surface area contributed by atoms with Crippen LogP contribution in [0.1, 0.15) is 19.4 Å². The van der Waals surface area contributed by atoms with E-state index < -0.39 is 8.32 Å². The lowest BCUT2D eigenvalue weighted by atomic mass is 10.2. The van der Waals surface area contributed by atoms with Gasteiger partial charge in [-0.25, -0.2) is 0 Å². The standard InChI is InChI=1S/C26H26OSi/c1-3-23(2)22-28(25-17-9-5-10-18-25,26-19-11-6-12-20-26)27-21-13-16-24-14-7-4-8-15-24/h3-12,14-15,17-20H,21-22H2,1-2H3/b23-3-. The minimum Gasteiger partial charge on any atom is -0.397 e. The van der Waals surface area contributed by atoms with Gasteiger partial charge in [0, 0.05) is 5.56 Å². The largest absolute Gasteiger partial charge is 0.397 e. The molecule has 0 aromatic heterocycles. The number of allylic oxidation sites excluding steroid dienone is 2. The third-order valence-corrected chi connectivity index (χ3v) is 9.12. The molecule has 0 aliphatic rings. The van der Waals surface area contributed by atoms with Crippen molar-refractivity contribution in [2.75, 3.05) is 6.61 Å². The molecular weight excluding hydrogens is 356 g/mol. The molecule has 0 fully saturated rings. The van der Waals surface area contributed by atoms with Crippen molar-refractivity contribution in [1.82, 2.24) is 0 Å². The Morgan fingerprint density at radius 3 is 1.82 bits per heavy atom. The Labute approximate surface area is 169 Å². The van der Waals surface area contributed by atoms with Gasteiger partial charge in [0.1, 0.15) is 0 Å². The average Bonchev–Trinajstić information content (AvgIpc) is 2.77. The van der Waals surface area contributed by atoms with E-state index in [0.29, 0.717) is 6.61 Å². The van der Waals surface area contributed by atoms with E-state index in [9.17, 15) is 0 Å². The fourth-order valence-electron chi connectivity index (χ4n) is 3.32. The molecule has 0 unspecified atom stereocenters. The first-order valence-electron chi connectivity index (χ1n) is 9.65. The van der Waals surface area contributed by atoms with Crippen molar-refractivity contribution in [2.45, 2.75) is 19.9 Å². The van der Waals surface area contributed by atoms with Crippen LogP contribution in [-0.4, -0.2) is 14.9 Å². The molecule has 0 bridgehead atoms. The molecule has 0 saturated heterocycles. The van der Waals surface area contributed by atoms with E-state index in [2.05, 4.69) is 92.4 Å². The molecule has 0 spiro atoms. The van der Waals surface area contributed by atoms with Crippen LogP contribution in [0.15, 0.2) is 103 Å². The van der Waals surface area contributed by atoms with Gasteiger partial charge in [-0.05, 0) is 42.4 Å². The van der Waals surface area contributed by atoms with Gasteiger partial charge in [0.05, 0.1) is 6.61 Å². The average molecular weight is 383 g/mol. The van der Waals surface area contributed by atoms with Crippen LogP contribution >= 0.6 is 0 Å². The van der Waals surface area contributed by atoms with Crippen LogP contribution in [0.3, 0.4) is 0 Å². The lowest BCUT2D eigenvalue weighted by Gasteiger charge is -2.32. The van der Waals surface area contributed by atoms with Crippen LogP contribution in [0.5, 0.6) is 0 Å². The summed E-state index contributed by atoms with van der Waals surface area (Å²) in [6.45, 7) is 4.70. The Kier molecular flexibility index (Phi) is 7.03. The maximum Gasteiger partial charge on any atom is 0.261 e. The van der Waals surface area contributed by atoms with Gasteiger partial charge in [0.25, 0.3) is 8.32 Å². The normalized spacial score (nSPS) is 11.6. The molecule has 0 aliphatic heterocycles. The third kappa shape index (κ3) is 4.89. The lowest BCUT2D eigenvalue weighted by Crippen LogP contribution is -2.61. The second-order valence-electron chi connectivity index (χ2n) is 6.83. The van der Waals surface area contributed by atoms with Gasteiger partial charge in [0.15, 0.2) is 0 Å². The summed E-state index contributed by atoms with van der Waals surface area (Å²) in [4.78, 5) is 0. The van der Waals surface area contributed by atoms with Crippen molar-refractivity contribution < 1.29 is 4.43 Å². The number of rotatable bonds is 6. The summed E-state index contributed by atoms with van der Waals surface area (Å²) in [6.07, 6.45) is 2.19. The van der Waals surface area contributed by atoms with E-state index >= 15 is 0 Å². The molecule has 0 radical (unpaired) electrons. The second kappa shape index (κ2) is 9.89. The van der Waals surface area contributed by atoms with Gasteiger partial charge in [-0.1, -0.05) is 102 Å². The van der Waals surface area contributed by atoms with Gasteiger partial charge in [0.2, 0.25) is 0 Å². The van der Waals surface area contributed by atoms with Crippen LogP contribution in [0.4, 0.5) is 0 Å². The molecule has 28 heavy (non-hydrogen) atoms. The van der Waals surface area contributed by atoms with Crippen LogP contribution in [0.25, 0.3) is 0 Å². The summed E-state index contributed by atoms with van der Waals surface area (Å²) < 4.78 is 6.72. The molecule has 140 valence electrons. The monoisotopic (exact) mass is 382 g/mol. The van der Waals surface area contributed by atoms with Crippen molar-refractivity contribution in [3.05, 3.63) is 108 Å². The molecule has 0 atom stereocenters. The quantitative estimate of drug-likeness (QED) is 0.339. The first-order chi connectivity index (χ1) is 13.7. The van der Waals surface area contributed by atoms with Crippen LogP contribution in [0, 0.1) is 11.8 Å². The minimum absolute atomic E-state index is 0.419. The number of benzene rings is 3. The third-order valence-electron chi connectivity index (χ3n) is 4.90. The first-order valence-corrected chi connectivity index (χ1v) is 11.8. The molecular formula is C26H26OSi. The molecule has 0 aliphatic carbocycles. The first kappa shape index (κ1) is 19.9. The van der Waals surface area contributed by atoms with Gasteiger partial charge >= 0.3 is 0 Å². The summed E-state index contributed by atoms with van der Waals surface area (Å²) in [5, 5.41) is 2.56. The second-order valence-corrected chi connectivity index (χ2v) is 10.3. The van der Waals surface area contributed by atoms with E-state index in [1.54, 1.807) is 0 Å². The Hall–Kier alpha value is -2.86. The van der Waals surface area contributed by atoms with Crippen molar-refractivity contribution in [2.24, 2.45) is 0 Å². The Morgan fingerprint density at radius 1 is 0.821 bits per heavy atom. The molecule has 3 aromatic rings. The van der Waals surface area contributed by atoms with Gasteiger partial charge in [-0.3, -0.25) is 0 Å². The Morgan fingerprint density at radius 2 is 1.32 bits per heavy atom. The smallest absolute Gasteiger partial charge is 0.261 e. The van der Waals surface area contributed by atoms with Crippen molar-refractivity contribution in [3.63, 3.8) is 0 Å². The SMILES string of the molecule is C/C=C(/C)C[Si](OCC#Cc1ccccc1)(c1ccccc1)c1ccccc1. The van der Waals surface area contributed by atoms with Crippen LogP contribution in [-0.2, 0) is 4.43 Å². The maximum absolute atomic E-state index is 6.72. The number of hydrogen-bond donors (Lipinski definition) is 0. The predicted molar refractivity (Wildman–Crippen MR) is 121 cm³/mol. The summed E-state index contributed by atoms with van der Waals surface area (Å²) in [7, 11) is -2.44. The van der Waals surface area contributed by atoms with Gasteiger partial charge < -0.3 is 4.43 Å². The zero-order valence-corrected chi connectivity index (χ0v) is 17.6. The molecule has 0 amide bonds. The molecule has 0 saturated carbocycles. The fourth-order valence-corrected chi connectivity index (χ4v) is 7.26. The zero-order valence-electron chi connectivity index (χ0n) is 16.6. The molecule has 3 aromatic carbocycles. The molecule has 1 nitrogen and oxygen atoms in total. The Balaban J connectivity index is 1.98. The van der Waals surface area contributed by atoms with Gasteiger partial charge in [-0.2, -0.15) is 0 Å². The summed E-state index contributed by atoms with van der Waals surface area (Å²) in [5.74, 6) is 6.45. The highest BCUT2D eigenvalue weighted by Crippen LogP contribution is 2.19. The number of hydrogen-bond acceptors (Lipinski definition) is 1. The van der Waals surface area contributed by atoms with E-state index in [0.717, 1.165) is 11.6 Å². The molecule has 3 rings (SSSR count). The predicted octanol–water partition coefficient (Wildman–Crippen LogP) is 4.78. The van der Waals surface area contributed by atoms with Crippen LogP contribution < -0.4 is 10.4 Å².